The van der Waals surface area contributed by atoms with Crippen LogP contribution in [0.5, 0.6) is 0 Å². The smallest absolute Gasteiger partial charge is 0.128 e. The van der Waals surface area contributed by atoms with Crippen LogP contribution in [0.4, 0.5) is 8.78 Å². The van der Waals surface area contributed by atoms with Crippen LogP contribution in [0.15, 0.2) is 18.2 Å². The van der Waals surface area contributed by atoms with E-state index in [-0.39, 0.29) is 6.04 Å². The highest BCUT2D eigenvalue weighted by molar-refractivity contribution is 5.25. The van der Waals surface area contributed by atoms with Gasteiger partial charge in [-0.15, -0.1) is 0 Å². The van der Waals surface area contributed by atoms with E-state index in [0.29, 0.717) is 18.6 Å². The topological polar surface area (TPSA) is 21.3 Å². The molecule has 2 nitrogen and oxygen atoms in total. The molecule has 0 aliphatic carbocycles. The molecular weight excluding hydrogens is 260 g/mol. The van der Waals surface area contributed by atoms with E-state index >= 15 is 0 Å². The Balaban J connectivity index is 3.19. The van der Waals surface area contributed by atoms with Gasteiger partial charge in [0.1, 0.15) is 11.6 Å². The van der Waals surface area contributed by atoms with Crippen molar-refractivity contribution in [3.8, 4) is 0 Å². The molecule has 0 saturated heterocycles. The predicted octanol–water partition coefficient (Wildman–Crippen LogP) is 4.21. The van der Waals surface area contributed by atoms with E-state index in [1.165, 1.54) is 12.1 Å². The molecule has 1 rings (SSSR count). The Morgan fingerprint density at radius 2 is 1.95 bits per heavy atom. The number of ether oxygens (including phenoxy) is 1. The average molecular weight is 285 g/mol. The first-order chi connectivity index (χ1) is 9.48. The zero-order valence-electron chi connectivity index (χ0n) is 12.8. The third kappa shape index (κ3) is 4.00. The van der Waals surface area contributed by atoms with Gasteiger partial charge in [0.05, 0.1) is 11.6 Å². The van der Waals surface area contributed by atoms with Gasteiger partial charge in [0.15, 0.2) is 0 Å². The molecule has 0 radical (unpaired) electrons. The van der Waals surface area contributed by atoms with Crippen molar-refractivity contribution in [3.63, 3.8) is 0 Å². The summed E-state index contributed by atoms with van der Waals surface area (Å²) in [6.07, 6.45) is 1.62. The Bertz CT molecular complexity index is 425. The average Bonchev–Trinajstić information content (AvgIpc) is 2.43. The van der Waals surface area contributed by atoms with Gasteiger partial charge in [-0.05, 0) is 51.4 Å². The van der Waals surface area contributed by atoms with Gasteiger partial charge in [0, 0.05) is 12.2 Å². The summed E-state index contributed by atoms with van der Waals surface area (Å²) < 4.78 is 33.4. The lowest BCUT2D eigenvalue weighted by atomic mass is 9.87. The summed E-state index contributed by atoms with van der Waals surface area (Å²) in [4.78, 5) is 0. The Hall–Kier alpha value is -1.00. The van der Waals surface area contributed by atoms with Crippen LogP contribution in [-0.4, -0.2) is 18.8 Å². The van der Waals surface area contributed by atoms with Gasteiger partial charge in [-0.1, -0.05) is 13.8 Å². The number of benzene rings is 1. The van der Waals surface area contributed by atoms with E-state index in [4.69, 9.17) is 4.74 Å². The summed E-state index contributed by atoms with van der Waals surface area (Å²) in [6, 6.07) is 3.20. The molecule has 0 spiro atoms. The van der Waals surface area contributed by atoms with E-state index in [1.54, 1.807) is 0 Å². The second kappa shape index (κ2) is 7.70. The fraction of sp³-hybridized carbons (Fsp3) is 0.625. The van der Waals surface area contributed by atoms with Crippen molar-refractivity contribution >= 4 is 0 Å². The fourth-order valence-corrected chi connectivity index (χ4v) is 2.40. The first kappa shape index (κ1) is 17.1. The summed E-state index contributed by atoms with van der Waals surface area (Å²) in [5, 5.41) is 3.30. The number of rotatable bonds is 8. The van der Waals surface area contributed by atoms with Crippen molar-refractivity contribution in [1.82, 2.24) is 5.32 Å². The monoisotopic (exact) mass is 285 g/mol. The van der Waals surface area contributed by atoms with Gasteiger partial charge >= 0.3 is 0 Å². The maximum Gasteiger partial charge on any atom is 0.128 e. The van der Waals surface area contributed by atoms with Crippen molar-refractivity contribution < 1.29 is 13.5 Å². The maximum absolute atomic E-state index is 14.1. The molecule has 2 atom stereocenters. The molecule has 20 heavy (non-hydrogen) atoms. The molecule has 1 aromatic carbocycles. The Kier molecular flexibility index (Phi) is 6.56. The van der Waals surface area contributed by atoms with Crippen LogP contribution < -0.4 is 5.32 Å². The molecule has 0 aliphatic rings. The molecule has 1 aromatic rings. The lowest BCUT2D eigenvalue weighted by molar-refractivity contribution is -0.0570. The van der Waals surface area contributed by atoms with Crippen LogP contribution in [-0.2, 0) is 4.74 Å². The number of hydrogen-bond donors (Lipinski definition) is 1. The molecule has 0 fully saturated rings. The molecule has 4 heteroatoms. The van der Waals surface area contributed by atoms with Crippen molar-refractivity contribution in [2.45, 2.75) is 52.2 Å². The van der Waals surface area contributed by atoms with Gasteiger partial charge in [-0.25, -0.2) is 8.78 Å². The second-order valence-electron chi connectivity index (χ2n) is 5.15. The van der Waals surface area contributed by atoms with Crippen LogP contribution in [0, 0.1) is 11.6 Å². The molecule has 0 amide bonds. The van der Waals surface area contributed by atoms with Crippen molar-refractivity contribution in [3.05, 3.63) is 35.4 Å². The second-order valence-corrected chi connectivity index (χ2v) is 5.15. The number of halogens is 2. The van der Waals surface area contributed by atoms with Gasteiger partial charge in [0.25, 0.3) is 0 Å². The Labute approximate surface area is 120 Å². The molecule has 114 valence electrons. The minimum atomic E-state index is -0.571. The molecule has 0 aromatic heterocycles. The van der Waals surface area contributed by atoms with Gasteiger partial charge in [-0.2, -0.15) is 0 Å². The number of nitrogens with one attached hydrogen (secondary N) is 1. The largest absolute Gasteiger partial charge is 0.374 e. The number of hydrogen-bond acceptors (Lipinski definition) is 2. The maximum atomic E-state index is 14.1. The lowest BCUT2D eigenvalue weighted by Crippen LogP contribution is -2.44. The molecule has 1 N–H and O–H groups in total. The summed E-state index contributed by atoms with van der Waals surface area (Å²) in [5.74, 6) is -0.834. The first-order valence-electron chi connectivity index (χ1n) is 7.30. The molecule has 0 aliphatic heterocycles. The van der Waals surface area contributed by atoms with E-state index in [9.17, 15) is 8.78 Å². The van der Waals surface area contributed by atoms with Crippen molar-refractivity contribution in [2.75, 3.05) is 13.2 Å². The van der Waals surface area contributed by atoms with Crippen LogP contribution in [0.25, 0.3) is 0 Å². The zero-order valence-corrected chi connectivity index (χ0v) is 12.8. The van der Waals surface area contributed by atoms with Gasteiger partial charge < -0.3 is 10.1 Å². The van der Waals surface area contributed by atoms with E-state index in [2.05, 4.69) is 5.32 Å². The van der Waals surface area contributed by atoms with Gasteiger partial charge in [-0.3, -0.25) is 0 Å². The fourth-order valence-electron chi connectivity index (χ4n) is 2.40. The summed E-state index contributed by atoms with van der Waals surface area (Å²) in [6.45, 7) is 9.14. The Morgan fingerprint density at radius 3 is 2.50 bits per heavy atom. The molecule has 2 unspecified atom stereocenters. The Morgan fingerprint density at radius 1 is 1.25 bits per heavy atom. The normalized spacial score (nSPS) is 15.9. The van der Waals surface area contributed by atoms with Crippen LogP contribution in [0.2, 0.25) is 0 Å². The lowest BCUT2D eigenvalue weighted by Gasteiger charge is -2.38. The third-order valence-corrected chi connectivity index (χ3v) is 3.65. The molecule has 0 bridgehead atoms. The summed E-state index contributed by atoms with van der Waals surface area (Å²) in [7, 11) is 0. The van der Waals surface area contributed by atoms with E-state index in [0.717, 1.165) is 19.0 Å². The predicted molar refractivity (Wildman–Crippen MR) is 77.7 cm³/mol. The summed E-state index contributed by atoms with van der Waals surface area (Å²) in [5.41, 5.74) is -0.241. The first-order valence-corrected chi connectivity index (χ1v) is 7.30. The zero-order chi connectivity index (χ0) is 15.2. The van der Waals surface area contributed by atoms with Crippen LogP contribution >= 0.6 is 0 Å². The highest BCUT2D eigenvalue weighted by Crippen LogP contribution is 2.34. The third-order valence-electron chi connectivity index (χ3n) is 3.65. The highest BCUT2D eigenvalue weighted by atomic mass is 19.1. The van der Waals surface area contributed by atoms with Crippen LogP contribution in [0.1, 0.15) is 52.1 Å². The van der Waals surface area contributed by atoms with E-state index < -0.39 is 17.2 Å². The van der Waals surface area contributed by atoms with Gasteiger partial charge in [0.2, 0.25) is 0 Å². The SMILES string of the molecule is CCCNC(c1cc(F)ccc1F)C(C)(CC)OCC. The van der Waals surface area contributed by atoms with Crippen molar-refractivity contribution in [1.29, 1.82) is 0 Å². The van der Waals surface area contributed by atoms with Crippen LogP contribution in [0.3, 0.4) is 0 Å². The minimum absolute atomic E-state index is 0.330. The summed E-state index contributed by atoms with van der Waals surface area (Å²) >= 11 is 0. The minimum Gasteiger partial charge on any atom is -0.374 e. The quantitative estimate of drug-likeness (QED) is 0.772. The molecule has 0 heterocycles. The van der Waals surface area contributed by atoms with E-state index in [1.807, 2.05) is 27.7 Å². The highest BCUT2D eigenvalue weighted by Gasteiger charge is 2.35. The standard InChI is InChI=1S/C16H25F2NO/c1-5-10-19-15(16(4,6-2)20-7-3)13-11-12(17)8-9-14(13)18/h8-9,11,15,19H,5-7,10H2,1-4H3. The van der Waals surface area contributed by atoms with Crippen molar-refractivity contribution in [2.24, 2.45) is 0 Å². The molecular formula is C16H25F2NO. The molecule has 0 saturated carbocycles.